The van der Waals surface area contributed by atoms with Gasteiger partial charge in [-0.15, -0.1) is 0 Å². The van der Waals surface area contributed by atoms with Crippen LogP contribution in [0.15, 0.2) is 76.3 Å². The van der Waals surface area contributed by atoms with E-state index < -0.39 is 0 Å². The first-order chi connectivity index (χ1) is 14.6. The zero-order chi connectivity index (χ0) is 21.3. The number of hydrogen-bond donors (Lipinski definition) is 2. The molecule has 30 heavy (non-hydrogen) atoms. The Kier molecular flexibility index (Phi) is 7.10. The highest BCUT2D eigenvalue weighted by atomic mass is 16.5. The van der Waals surface area contributed by atoms with Crippen LogP contribution in [0.5, 0.6) is 5.75 Å². The Morgan fingerprint density at radius 3 is 2.57 bits per heavy atom. The second-order valence-corrected chi connectivity index (χ2v) is 6.74. The number of rotatable bonds is 7. The molecule has 0 saturated carbocycles. The van der Waals surface area contributed by atoms with Gasteiger partial charge in [0.15, 0.2) is 11.7 Å². The van der Waals surface area contributed by atoms with Gasteiger partial charge in [0.25, 0.3) is 5.91 Å². The Labute approximate surface area is 176 Å². The van der Waals surface area contributed by atoms with Crippen LogP contribution in [0.4, 0.5) is 5.69 Å². The van der Waals surface area contributed by atoms with E-state index in [2.05, 4.69) is 15.6 Å². The third kappa shape index (κ3) is 5.64. The highest BCUT2D eigenvalue weighted by molar-refractivity contribution is 6.02. The van der Waals surface area contributed by atoms with Crippen LogP contribution in [0.2, 0.25) is 0 Å². The largest absolute Gasteiger partial charge is 0.497 e. The van der Waals surface area contributed by atoms with Crippen LogP contribution in [-0.4, -0.2) is 38.0 Å². The highest BCUT2D eigenvalue weighted by Gasteiger charge is 2.10. The van der Waals surface area contributed by atoms with Crippen molar-refractivity contribution in [2.24, 2.45) is 4.99 Å². The number of anilines is 1. The Morgan fingerprint density at radius 1 is 1.10 bits per heavy atom. The standard InChI is InChI=1S/C23H26N4O3/c1-24-23(27(2)16-17-9-11-20(29-3)12-10-17)25-15-18-6-4-7-19(14-18)26-22(28)21-8-5-13-30-21/h4-14H,15-16H2,1-3H3,(H,24,25)(H,26,28). The van der Waals surface area contributed by atoms with E-state index in [4.69, 9.17) is 9.15 Å². The third-order valence-electron chi connectivity index (χ3n) is 4.53. The topological polar surface area (TPSA) is 79.1 Å². The van der Waals surface area contributed by atoms with E-state index in [9.17, 15) is 4.79 Å². The summed E-state index contributed by atoms with van der Waals surface area (Å²) in [5, 5.41) is 6.20. The molecular formula is C23H26N4O3. The molecule has 0 fully saturated rings. The predicted octanol–water partition coefficient (Wildman–Crippen LogP) is 3.75. The summed E-state index contributed by atoms with van der Waals surface area (Å²) in [5.41, 5.74) is 2.88. The van der Waals surface area contributed by atoms with Gasteiger partial charge in [-0.1, -0.05) is 24.3 Å². The number of benzene rings is 2. The van der Waals surface area contributed by atoms with Gasteiger partial charge < -0.3 is 24.7 Å². The third-order valence-corrected chi connectivity index (χ3v) is 4.53. The van der Waals surface area contributed by atoms with Crippen molar-refractivity contribution < 1.29 is 13.9 Å². The number of furan rings is 1. The van der Waals surface area contributed by atoms with Crippen molar-refractivity contribution in [3.8, 4) is 5.75 Å². The lowest BCUT2D eigenvalue weighted by molar-refractivity contribution is 0.0996. The number of carbonyl (C=O) groups is 1. The fraction of sp³-hybridized carbons (Fsp3) is 0.217. The first-order valence-electron chi connectivity index (χ1n) is 9.57. The molecule has 0 saturated heterocycles. The molecular weight excluding hydrogens is 380 g/mol. The summed E-state index contributed by atoms with van der Waals surface area (Å²) in [5.74, 6) is 1.61. The van der Waals surface area contributed by atoms with Crippen molar-refractivity contribution >= 4 is 17.6 Å². The summed E-state index contributed by atoms with van der Waals surface area (Å²) in [6.45, 7) is 1.28. The van der Waals surface area contributed by atoms with Crippen LogP contribution in [0.1, 0.15) is 21.7 Å². The Hall–Kier alpha value is -3.74. The lowest BCUT2D eigenvalue weighted by Crippen LogP contribution is -2.38. The molecule has 0 bridgehead atoms. The molecule has 0 aliphatic heterocycles. The van der Waals surface area contributed by atoms with Crippen LogP contribution in [-0.2, 0) is 13.1 Å². The number of guanidine groups is 1. The van der Waals surface area contributed by atoms with Gasteiger partial charge in [-0.05, 0) is 47.5 Å². The summed E-state index contributed by atoms with van der Waals surface area (Å²) in [4.78, 5) is 18.6. The fourth-order valence-corrected chi connectivity index (χ4v) is 3.01. The van der Waals surface area contributed by atoms with Crippen molar-refractivity contribution in [3.05, 3.63) is 83.8 Å². The molecule has 0 unspecified atom stereocenters. The second kappa shape index (κ2) is 10.2. The van der Waals surface area contributed by atoms with E-state index in [0.717, 1.165) is 22.8 Å². The van der Waals surface area contributed by atoms with E-state index >= 15 is 0 Å². The molecule has 7 nitrogen and oxygen atoms in total. The SMILES string of the molecule is CN=C(NCc1cccc(NC(=O)c2ccco2)c1)N(C)Cc1ccc(OC)cc1. The number of methoxy groups -OCH3 is 1. The first-order valence-corrected chi connectivity index (χ1v) is 9.57. The predicted molar refractivity (Wildman–Crippen MR) is 118 cm³/mol. The van der Waals surface area contributed by atoms with Crippen molar-refractivity contribution in [2.75, 3.05) is 26.5 Å². The number of amides is 1. The molecule has 1 amide bonds. The number of hydrogen-bond acceptors (Lipinski definition) is 4. The van der Waals surface area contributed by atoms with Gasteiger partial charge in [-0.25, -0.2) is 0 Å². The number of aliphatic imine (C=N–C) groups is 1. The average molecular weight is 406 g/mol. The monoisotopic (exact) mass is 406 g/mol. The molecule has 0 spiro atoms. The van der Waals surface area contributed by atoms with Crippen LogP contribution >= 0.6 is 0 Å². The molecule has 1 aromatic heterocycles. The van der Waals surface area contributed by atoms with Gasteiger partial charge in [0.2, 0.25) is 0 Å². The van der Waals surface area contributed by atoms with Crippen LogP contribution in [0.3, 0.4) is 0 Å². The van der Waals surface area contributed by atoms with Gasteiger partial charge in [-0.3, -0.25) is 9.79 Å². The minimum absolute atomic E-state index is 0.277. The van der Waals surface area contributed by atoms with E-state index in [0.29, 0.717) is 18.8 Å². The summed E-state index contributed by atoms with van der Waals surface area (Å²) in [6, 6.07) is 18.9. The number of nitrogens with zero attached hydrogens (tertiary/aromatic N) is 2. The molecule has 2 N–H and O–H groups in total. The van der Waals surface area contributed by atoms with Gasteiger partial charge >= 0.3 is 0 Å². The molecule has 0 aliphatic rings. The van der Waals surface area contributed by atoms with Crippen LogP contribution < -0.4 is 15.4 Å². The van der Waals surface area contributed by atoms with Crippen molar-refractivity contribution in [1.82, 2.24) is 10.2 Å². The fourth-order valence-electron chi connectivity index (χ4n) is 3.01. The van der Waals surface area contributed by atoms with Crippen molar-refractivity contribution in [3.63, 3.8) is 0 Å². The van der Waals surface area contributed by atoms with E-state index in [-0.39, 0.29) is 11.7 Å². The maximum atomic E-state index is 12.1. The molecule has 3 aromatic rings. The zero-order valence-corrected chi connectivity index (χ0v) is 17.4. The molecule has 3 rings (SSSR count). The number of nitrogens with one attached hydrogen (secondary N) is 2. The second-order valence-electron chi connectivity index (χ2n) is 6.74. The maximum Gasteiger partial charge on any atom is 0.291 e. The molecule has 2 aromatic carbocycles. The summed E-state index contributed by atoms with van der Waals surface area (Å²) < 4.78 is 10.3. The van der Waals surface area contributed by atoms with Gasteiger partial charge in [0.1, 0.15) is 5.75 Å². The molecule has 156 valence electrons. The lowest BCUT2D eigenvalue weighted by Gasteiger charge is -2.22. The summed E-state index contributed by atoms with van der Waals surface area (Å²) >= 11 is 0. The average Bonchev–Trinajstić information content (AvgIpc) is 3.30. The van der Waals surface area contributed by atoms with E-state index in [1.54, 1.807) is 26.3 Å². The zero-order valence-electron chi connectivity index (χ0n) is 17.4. The minimum atomic E-state index is -0.278. The summed E-state index contributed by atoms with van der Waals surface area (Å²) in [7, 11) is 5.40. The maximum absolute atomic E-state index is 12.1. The van der Waals surface area contributed by atoms with Crippen molar-refractivity contribution in [2.45, 2.75) is 13.1 Å². The molecule has 0 atom stereocenters. The Bertz CT molecular complexity index is 982. The smallest absolute Gasteiger partial charge is 0.291 e. The van der Waals surface area contributed by atoms with E-state index in [1.165, 1.54) is 6.26 Å². The van der Waals surface area contributed by atoms with Gasteiger partial charge in [0.05, 0.1) is 13.4 Å². The van der Waals surface area contributed by atoms with Gasteiger partial charge in [0, 0.05) is 32.9 Å². The first kappa shape index (κ1) is 21.0. The quantitative estimate of drug-likeness (QED) is 0.462. The van der Waals surface area contributed by atoms with Crippen LogP contribution in [0.25, 0.3) is 0 Å². The van der Waals surface area contributed by atoms with Gasteiger partial charge in [-0.2, -0.15) is 0 Å². The molecule has 0 radical (unpaired) electrons. The number of carbonyl (C=O) groups excluding carboxylic acids is 1. The lowest BCUT2D eigenvalue weighted by atomic mass is 10.2. The van der Waals surface area contributed by atoms with Crippen LogP contribution in [0, 0.1) is 0 Å². The summed E-state index contributed by atoms with van der Waals surface area (Å²) in [6.07, 6.45) is 1.48. The molecule has 7 heteroatoms. The number of ether oxygens (including phenoxy) is 1. The van der Waals surface area contributed by atoms with Crippen molar-refractivity contribution in [1.29, 1.82) is 0 Å². The Morgan fingerprint density at radius 2 is 1.90 bits per heavy atom. The minimum Gasteiger partial charge on any atom is -0.497 e. The normalized spacial score (nSPS) is 11.1. The molecule has 1 heterocycles. The Balaban J connectivity index is 1.57. The molecule has 0 aliphatic carbocycles. The highest BCUT2D eigenvalue weighted by Crippen LogP contribution is 2.14. The van der Waals surface area contributed by atoms with E-state index in [1.807, 2.05) is 60.5 Å².